The minimum absolute atomic E-state index is 0.0379. The van der Waals surface area contributed by atoms with Crippen LogP contribution in [0, 0.1) is 5.92 Å². The summed E-state index contributed by atoms with van der Waals surface area (Å²) < 4.78 is 0. The van der Waals surface area contributed by atoms with E-state index in [2.05, 4.69) is 24.1 Å². The van der Waals surface area contributed by atoms with Gasteiger partial charge in [0, 0.05) is 0 Å². The largest absolute Gasteiger partial charge is 0.394 e. The summed E-state index contributed by atoms with van der Waals surface area (Å²) in [5, 5.41) is 12.8. The fourth-order valence-corrected chi connectivity index (χ4v) is 1.61. The molecular weight excluding hydrogens is 212 g/mol. The Kier molecular flexibility index (Phi) is 4.85. The zero-order valence-corrected chi connectivity index (χ0v) is 9.83. The highest BCUT2D eigenvalue weighted by Gasteiger charge is 2.09. The first-order valence-corrected chi connectivity index (χ1v) is 5.49. The van der Waals surface area contributed by atoms with E-state index in [1.807, 2.05) is 12.1 Å². The normalized spacial score (nSPS) is 12.9. The predicted octanol–water partition coefficient (Wildman–Crippen LogP) is 2.55. The average Bonchev–Trinajstić information content (AvgIpc) is 2.16. The minimum Gasteiger partial charge on any atom is -0.394 e. The van der Waals surface area contributed by atoms with E-state index in [4.69, 9.17) is 11.6 Å². The van der Waals surface area contributed by atoms with Crippen LogP contribution in [0.5, 0.6) is 0 Å². The van der Waals surface area contributed by atoms with Crippen LogP contribution in [0.3, 0.4) is 0 Å². The molecule has 1 aromatic rings. The summed E-state index contributed by atoms with van der Waals surface area (Å²) in [4.78, 5) is 4.11. The molecule has 0 radical (unpaired) electrons. The second kappa shape index (κ2) is 5.93. The van der Waals surface area contributed by atoms with Crippen molar-refractivity contribution in [2.75, 3.05) is 11.9 Å². The Bertz CT molecular complexity index is 304. The van der Waals surface area contributed by atoms with E-state index in [1.54, 1.807) is 6.07 Å². The number of hydrogen-bond acceptors (Lipinski definition) is 3. The molecule has 0 aliphatic heterocycles. The maximum absolute atomic E-state index is 9.18. The van der Waals surface area contributed by atoms with Crippen LogP contribution in [0.15, 0.2) is 18.2 Å². The van der Waals surface area contributed by atoms with Crippen molar-refractivity contribution in [3.05, 3.63) is 23.4 Å². The number of nitrogens with zero attached hydrogens (tertiary/aromatic N) is 1. The Morgan fingerprint density at radius 2 is 2.20 bits per heavy atom. The van der Waals surface area contributed by atoms with Gasteiger partial charge in [-0.25, -0.2) is 4.98 Å². The van der Waals surface area contributed by atoms with Crippen molar-refractivity contribution in [3.63, 3.8) is 0 Å². The zero-order chi connectivity index (χ0) is 11.3. The Balaban J connectivity index is 2.58. The van der Waals surface area contributed by atoms with Crippen LogP contribution in [0.4, 0.5) is 5.82 Å². The second-order valence-electron chi connectivity index (χ2n) is 4.00. The maximum Gasteiger partial charge on any atom is 0.131 e. The number of nitrogens with one attached hydrogen (secondary N) is 1. The number of aromatic nitrogens is 1. The summed E-state index contributed by atoms with van der Waals surface area (Å²) in [7, 11) is 0. The summed E-state index contributed by atoms with van der Waals surface area (Å²) in [5.74, 6) is 1.25. The summed E-state index contributed by atoms with van der Waals surface area (Å²) in [6.45, 7) is 4.35. The van der Waals surface area contributed by atoms with E-state index in [0.29, 0.717) is 16.9 Å². The topological polar surface area (TPSA) is 45.1 Å². The quantitative estimate of drug-likeness (QED) is 0.762. The molecule has 0 fully saturated rings. The minimum atomic E-state index is 0.0379. The molecule has 4 heteroatoms. The molecule has 1 heterocycles. The van der Waals surface area contributed by atoms with Crippen molar-refractivity contribution < 1.29 is 5.11 Å². The number of hydrogen-bond donors (Lipinski definition) is 2. The molecule has 1 rings (SSSR count). The lowest BCUT2D eigenvalue weighted by Crippen LogP contribution is -2.26. The molecule has 0 spiro atoms. The maximum atomic E-state index is 9.18. The molecule has 2 N–H and O–H groups in total. The van der Waals surface area contributed by atoms with Crippen LogP contribution in [0.2, 0.25) is 5.15 Å². The molecule has 0 aliphatic rings. The lowest BCUT2D eigenvalue weighted by Gasteiger charge is -2.18. The van der Waals surface area contributed by atoms with Gasteiger partial charge in [-0.2, -0.15) is 0 Å². The number of rotatable bonds is 5. The molecule has 0 aromatic carbocycles. The first kappa shape index (κ1) is 12.3. The van der Waals surface area contributed by atoms with Crippen LogP contribution < -0.4 is 5.32 Å². The number of aliphatic hydroxyl groups is 1. The van der Waals surface area contributed by atoms with Crippen molar-refractivity contribution in [3.8, 4) is 0 Å². The molecule has 0 saturated heterocycles. The van der Waals surface area contributed by atoms with E-state index in [1.165, 1.54) is 0 Å². The number of aliphatic hydroxyl groups excluding tert-OH is 1. The van der Waals surface area contributed by atoms with Crippen LogP contribution >= 0.6 is 11.6 Å². The summed E-state index contributed by atoms with van der Waals surface area (Å²) in [6.07, 6.45) is 0.907. The third-order valence-corrected chi connectivity index (χ3v) is 2.25. The van der Waals surface area contributed by atoms with E-state index in [9.17, 15) is 5.11 Å². The molecule has 1 aromatic heterocycles. The van der Waals surface area contributed by atoms with Gasteiger partial charge in [0.1, 0.15) is 11.0 Å². The van der Waals surface area contributed by atoms with E-state index < -0.39 is 0 Å². The first-order valence-electron chi connectivity index (χ1n) is 5.11. The van der Waals surface area contributed by atoms with E-state index in [0.717, 1.165) is 6.42 Å². The van der Waals surface area contributed by atoms with Gasteiger partial charge in [0.05, 0.1) is 12.6 Å². The molecule has 1 unspecified atom stereocenters. The Morgan fingerprint density at radius 3 is 2.73 bits per heavy atom. The summed E-state index contributed by atoms with van der Waals surface area (Å²) in [5.41, 5.74) is 0. The van der Waals surface area contributed by atoms with Gasteiger partial charge in [-0.15, -0.1) is 0 Å². The molecule has 0 amide bonds. The van der Waals surface area contributed by atoms with Crippen molar-refractivity contribution in [2.45, 2.75) is 26.3 Å². The third-order valence-electron chi connectivity index (χ3n) is 2.04. The average molecular weight is 229 g/mol. The molecule has 0 aliphatic carbocycles. The highest BCUT2D eigenvalue weighted by molar-refractivity contribution is 6.29. The van der Waals surface area contributed by atoms with Gasteiger partial charge in [0.25, 0.3) is 0 Å². The van der Waals surface area contributed by atoms with Gasteiger partial charge in [-0.05, 0) is 24.5 Å². The van der Waals surface area contributed by atoms with Crippen molar-refractivity contribution >= 4 is 17.4 Å². The smallest absolute Gasteiger partial charge is 0.131 e. The number of halogens is 1. The lowest BCUT2D eigenvalue weighted by atomic mass is 10.0. The first-order chi connectivity index (χ1) is 7.11. The van der Waals surface area contributed by atoms with Crippen molar-refractivity contribution in [1.29, 1.82) is 0 Å². The van der Waals surface area contributed by atoms with Crippen molar-refractivity contribution in [1.82, 2.24) is 4.98 Å². The molecule has 0 saturated carbocycles. The van der Waals surface area contributed by atoms with Gasteiger partial charge in [0.2, 0.25) is 0 Å². The third kappa shape index (κ3) is 4.49. The van der Waals surface area contributed by atoms with Gasteiger partial charge < -0.3 is 10.4 Å². The summed E-state index contributed by atoms with van der Waals surface area (Å²) in [6, 6.07) is 5.44. The SMILES string of the molecule is CC(C)CC(CO)Nc1cccc(Cl)n1. The fourth-order valence-electron chi connectivity index (χ4n) is 1.45. The molecular formula is C11H17ClN2O. The fraction of sp³-hybridized carbons (Fsp3) is 0.545. The van der Waals surface area contributed by atoms with Gasteiger partial charge >= 0.3 is 0 Å². The Morgan fingerprint density at radius 1 is 1.47 bits per heavy atom. The van der Waals surface area contributed by atoms with Crippen LogP contribution in [0.1, 0.15) is 20.3 Å². The van der Waals surface area contributed by atoms with Gasteiger partial charge in [0.15, 0.2) is 0 Å². The lowest BCUT2D eigenvalue weighted by molar-refractivity contribution is 0.259. The van der Waals surface area contributed by atoms with Crippen molar-refractivity contribution in [2.24, 2.45) is 5.92 Å². The molecule has 15 heavy (non-hydrogen) atoms. The van der Waals surface area contributed by atoms with Crippen LogP contribution in [0.25, 0.3) is 0 Å². The monoisotopic (exact) mass is 228 g/mol. The Hall–Kier alpha value is -0.800. The predicted molar refractivity (Wildman–Crippen MR) is 63.2 cm³/mol. The highest BCUT2D eigenvalue weighted by atomic mass is 35.5. The standard InChI is InChI=1S/C11H17ClN2O/c1-8(2)6-9(7-15)13-11-5-3-4-10(12)14-11/h3-5,8-9,15H,6-7H2,1-2H3,(H,13,14). The Labute approximate surface area is 95.5 Å². The molecule has 3 nitrogen and oxygen atoms in total. The van der Waals surface area contributed by atoms with E-state index >= 15 is 0 Å². The van der Waals surface area contributed by atoms with E-state index in [-0.39, 0.29) is 12.6 Å². The van der Waals surface area contributed by atoms with Crippen LogP contribution in [-0.2, 0) is 0 Å². The zero-order valence-electron chi connectivity index (χ0n) is 9.07. The summed E-state index contributed by atoms with van der Waals surface area (Å²) >= 11 is 5.76. The molecule has 1 atom stereocenters. The second-order valence-corrected chi connectivity index (χ2v) is 4.39. The van der Waals surface area contributed by atoms with Gasteiger partial charge in [-0.3, -0.25) is 0 Å². The highest BCUT2D eigenvalue weighted by Crippen LogP contribution is 2.13. The number of pyridine rings is 1. The molecule has 84 valence electrons. The van der Waals surface area contributed by atoms with Crippen LogP contribution in [-0.4, -0.2) is 22.7 Å². The van der Waals surface area contributed by atoms with Gasteiger partial charge in [-0.1, -0.05) is 31.5 Å². The number of anilines is 1. The molecule has 0 bridgehead atoms.